The van der Waals surface area contributed by atoms with Gasteiger partial charge in [0.25, 0.3) is 0 Å². The van der Waals surface area contributed by atoms with Crippen LogP contribution in [0.4, 0.5) is 17.5 Å². The average molecular weight is 308 g/mol. The lowest BCUT2D eigenvalue weighted by molar-refractivity contribution is 0.197. The van der Waals surface area contributed by atoms with Gasteiger partial charge in [-0.25, -0.2) is 0 Å². The Morgan fingerprint density at radius 2 is 2.19 bits per heavy atom. The van der Waals surface area contributed by atoms with Crippen molar-refractivity contribution in [2.75, 3.05) is 30.9 Å². The van der Waals surface area contributed by atoms with Crippen molar-refractivity contribution in [1.82, 2.24) is 15.2 Å². The number of hydrogen-bond acceptors (Lipinski definition) is 6. The second-order valence-electron chi connectivity index (χ2n) is 4.48. The average Bonchev–Trinajstić information content (AvgIpc) is 2.49. The van der Waals surface area contributed by atoms with Gasteiger partial charge in [-0.1, -0.05) is 17.7 Å². The molecule has 21 heavy (non-hydrogen) atoms. The lowest BCUT2D eigenvalue weighted by atomic mass is 10.2. The van der Waals surface area contributed by atoms with Crippen LogP contribution in [0.3, 0.4) is 0 Å². The van der Waals surface area contributed by atoms with Crippen molar-refractivity contribution < 1.29 is 4.74 Å². The Kier molecular flexibility index (Phi) is 5.71. The van der Waals surface area contributed by atoms with E-state index >= 15 is 0 Å². The van der Waals surface area contributed by atoms with E-state index in [0.717, 1.165) is 24.2 Å². The summed E-state index contributed by atoms with van der Waals surface area (Å²) in [4.78, 5) is 4.36. The lowest BCUT2D eigenvalue weighted by Crippen LogP contribution is -2.08. The van der Waals surface area contributed by atoms with Crippen molar-refractivity contribution in [3.63, 3.8) is 0 Å². The molecule has 1 aromatic heterocycles. The summed E-state index contributed by atoms with van der Waals surface area (Å²) >= 11 is 6.09. The van der Waals surface area contributed by atoms with Gasteiger partial charge in [-0.2, -0.15) is 10.1 Å². The van der Waals surface area contributed by atoms with Gasteiger partial charge in [-0.3, -0.25) is 0 Å². The molecule has 0 fully saturated rings. The minimum Gasteiger partial charge on any atom is -0.385 e. The minimum atomic E-state index is 0.428. The molecule has 0 amide bonds. The van der Waals surface area contributed by atoms with Crippen LogP contribution < -0.4 is 10.6 Å². The van der Waals surface area contributed by atoms with Crippen LogP contribution in [0, 0.1) is 6.92 Å². The van der Waals surface area contributed by atoms with Gasteiger partial charge >= 0.3 is 0 Å². The van der Waals surface area contributed by atoms with Gasteiger partial charge in [-0.05, 0) is 31.0 Å². The third kappa shape index (κ3) is 4.54. The maximum Gasteiger partial charge on any atom is 0.249 e. The number of nitrogens with one attached hydrogen (secondary N) is 2. The summed E-state index contributed by atoms with van der Waals surface area (Å²) in [5.41, 5.74) is 1.81. The molecule has 2 aromatic rings. The predicted octanol–water partition coefficient (Wildman–Crippen LogP) is 3.03. The normalized spacial score (nSPS) is 10.4. The van der Waals surface area contributed by atoms with Crippen molar-refractivity contribution in [3.8, 4) is 0 Å². The van der Waals surface area contributed by atoms with Crippen molar-refractivity contribution in [1.29, 1.82) is 0 Å². The first-order valence-corrected chi connectivity index (χ1v) is 7.03. The Hall–Kier alpha value is -1.92. The Morgan fingerprint density at radius 3 is 3.00 bits per heavy atom. The fourth-order valence-corrected chi connectivity index (χ4v) is 1.91. The van der Waals surface area contributed by atoms with Crippen molar-refractivity contribution in [2.45, 2.75) is 13.3 Å². The number of anilines is 3. The van der Waals surface area contributed by atoms with Crippen LogP contribution in [0.2, 0.25) is 5.02 Å². The van der Waals surface area contributed by atoms with Crippen LogP contribution in [-0.4, -0.2) is 35.4 Å². The number of ether oxygens (including phenoxy) is 1. The monoisotopic (exact) mass is 307 g/mol. The second kappa shape index (κ2) is 7.75. The van der Waals surface area contributed by atoms with Gasteiger partial charge < -0.3 is 15.4 Å². The van der Waals surface area contributed by atoms with Crippen molar-refractivity contribution in [3.05, 3.63) is 35.0 Å². The zero-order chi connectivity index (χ0) is 15.1. The Bertz CT molecular complexity index is 593. The van der Waals surface area contributed by atoms with Crippen molar-refractivity contribution >= 4 is 29.1 Å². The molecule has 2 N–H and O–H groups in total. The van der Waals surface area contributed by atoms with Gasteiger partial charge in [0.1, 0.15) is 0 Å². The molecule has 1 aromatic carbocycles. The van der Waals surface area contributed by atoms with E-state index in [1.54, 1.807) is 13.3 Å². The third-order valence-corrected chi connectivity index (χ3v) is 3.31. The molecule has 2 rings (SSSR count). The van der Waals surface area contributed by atoms with E-state index < -0.39 is 0 Å². The van der Waals surface area contributed by atoms with E-state index in [-0.39, 0.29) is 0 Å². The van der Waals surface area contributed by atoms with Crippen LogP contribution in [0.25, 0.3) is 0 Å². The molecular formula is C14H18ClN5O. The first-order chi connectivity index (χ1) is 10.2. The standard InChI is InChI=1S/C14H18ClN5O/c1-10-11(15)5-3-6-12(10)18-14-19-13(9-17-20-14)16-7-4-8-21-2/h3,5-6,9H,4,7-8H2,1-2H3,(H2,16,18,19,20). The Labute approximate surface area is 128 Å². The highest BCUT2D eigenvalue weighted by molar-refractivity contribution is 6.31. The highest BCUT2D eigenvalue weighted by atomic mass is 35.5. The van der Waals surface area contributed by atoms with Gasteiger partial charge in [-0.15, -0.1) is 5.10 Å². The molecule has 0 aliphatic rings. The van der Waals surface area contributed by atoms with E-state index in [2.05, 4.69) is 25.8 Å². The zero-order valence-corrected chi connectivity index (χ0v) is 12.8. The third-order valence-electron chi connectivity index (χ3n) is 2.90. The fraction of sp³-hybridized carbons (Fsp3) is 0.357. The van der Waals surface area contributed by atoms with E-state index in [4.69, 9.17) is 16.3 Å². The molecule has 0 bridgehead atoms. The van der Waals surface area contributed by atoms with Gasteiger partial charge in [0.2, 0.25) is 5.95 Å². The number of nitrogens with zero attached hydrogens (tertiary/aromatic N) is 3. The Balaban J connectivity index is 2.02. The molecule has 7 heteroatoms. The summed E-state index contributed by atoms with van der Waals surface area (Å²) in [6.45, 7) is 3.41. The Morgan fingerprint density at radius 1 is 1.33 bits per heavy atom. The zero-order valence-electron chi connectivity index (χ0n) is 12.1. The molecule has 0 radical (unpaired) electrons. The summed E-state index contributed by atoms with van der Waals surface area (Å²) < 4.78 is 4.99. The van der Waals surface area contributed by atoms with Gasteiger partial charge in [0.05, 0.1) is 6.20 Å². The highest BCUT2D eigenvalue weighted by Gasteiger charge is 2.05. The van der Waals surface area contributed by atoms with Crippen LogP contribution in [-0.2, 0) is 4.74 Å². The number of hydrogen-bond donors (Lipinski definition) is 2. The van der Waals surface area contributed by atoms with Gasteiger partial charge in [0, 0.05) is 31.0 Å². The molecule has 112 valence electrons. The second-order valence-corrected chi connectivity index (χ2v) is 4.88. The topological polar surface area (TPSA) is 72.0 Å². The number of rotatable bonds is 7. The van der Waals surface area contributed by atoms with Crippen LogP contribution >= 0.6 is 11.6 Å². The molecule has 0 spiro atoms. The van der Waals surface area contributed by atoms with Crippen molar-refractivity contribution in [2.24, 2.45) is 0 Å². The largest absolute Gasteiger partial charge is 0.385 e. The molecular weight excluding hydrogens is 290 g/mol. The summed E-state index contributed by atoms with van der Waals surface area (Å²) in [6.07, 6.45) is 2.49. The number of methoxy groups -OCH3 is 1. The van der Waals surface area contributed by atoms with Gasteiger partial charge in [0.15, 0.2) is 5.82 Å². The van der Waals surface area contributed by atoms with E-state index in [0.29, 0.717) is 23.4 Å². The molecule has 0 atom stereocenters. The number of benzene rings is 1. The van der Waals surface area contributed by atoms with E-state index in [1.807, 2.05) is 25.1 Å². The molecule has 0 aliphatic heterocycles. The summed E-state index contributed by atoms with van der Waals surface area (Å²) in [5, 5.41) is 14.9. The van der Waals surface area contributed by atoms with Crippen LogP contribution in [0.1, 0.15) is 12.0 Å². The summed E-state index contributed by atoms with van der Waals surface area (Å²) in [7, 11) is 1.68. The molecule has 0 unspecified atom stereocenters. The minimum absolute atomic E-state index is 0.428. The maximum atomic E-state index is 6.09. The summed E-state index contributed by atoms with van der Waals surface area (Å²) in [6, 6.07) is 5.64. The molecule has 0 aliphatic carbocycles. The van der Waals surface area contributed by atoms with E-state index in [9.17, 15) is 0 Å². The number of aromatic nitrogens is 3. The first kappa shape index (κ1) is 15.5. The molecule has 0 saturated heterocycles. The molecule has 6 nitrogen and oxygen atoms in total. The maximum absolute atomic E-state index is 6.09. The van der Waals surface area contributed by atoms with Crippen LogP contribution in [0.15, 0.2) is 24.4 Å². The number of halogens is 1. The molecule has 1 heterocycles. The van der Waals surface area contributed by atoms with Crippen LogP contribution in [0.5, 0.6) is 0 Å². The highest BCUT2D eigenvalue weighted by Crippen LogP contribution is 2.24. The lowest BCUT2D eigenvalue weighted by Gasteiger charge is -2.10. The first-order valence-electron chi connectivity index (χ1n) is 6.65. The SMILES string of the molecule is COCCCNc1cnnc(Nc2cccc(Cl)c2C)n1. The van der Waals surface area contributed by atoms with E-state index in [1.165, 1.54) is 0 Å². The smallest absolute Gasteiger partial charge is 0.249 e. The molecule has 0 saturated carbocycles. The fourth-order valence-electron chi connectivity index (χ4n) is 1.74. The summed E-state index contributed by atoms with van der Waals surface area (Å²) in [5.74, 6) is 1.10. The quantitative estimate of drug-likeness (QED) is 0.766. The predicted molar refractivity (Wildman–Crippen MR) is 84.3 cm³/mol.